The monoisotopic (exact) mass is 220 g/mol. The van der Waals surface area contributed by atoms with Gasteiger partial charge in [0.25, 0.3) is 0 Å². The van der Waals surface area contributed by atoms with Crippen LogP contribution in [0.1, 0.15) is 18.1 Å². The SMILES string of the molecule is COc1ccc(OC)c([C@H]2C=CCCO2)c1. The number of hydrogen-bond acceptors (Lipinski definition) is 3. The fourth-order valence-electron chi connectivity index (χ4n) is 1.79. The second-order valence-electron chi connectivity index (χ2n) is 3.62. The summed E-state index contributed by atoms with van der Waals surface area (Å²) in [5, 5.41) is 0. The lowest BCUT2D eigenvalue weighted by Gasteiger charge is -2.20. The first kappa shape index (κ1) is 11.0. The Hall–Kier alpha value is -1.48. The van der Waals surface area contributed by atoms with E-state index < -0.39 is 0 Å². The zero-order chi connectivity index (χ0) is 11.4. The van der Waals surface area contributed by atoms with E-state index in [1.165, 1.54) is 0 Å². The van der Waals surface area contributed by atoms with Crippen molar-refractivity contribution in [3.63, 3.8) is 0 Å². The minimum Gasteiger partial charge on any atom is -0.497 e. The fourth-order valence-corrected chi connectivity index (χ4v) is 1.79. The van der Waals surface area contributed by atoms with Gasteiger partial charge in [-0.2, -0.15) is 0 Å². The van der Waals surface area contributed by atoms with E-state index in [0.29, 0.717) is 0 Å². The van der Waals surface area contributed by atoms with Crippen LogP contribution >= 0.6 is 0 Å². The maximum Gasteiger partial charge on any atom is 0.125 e. The smallest absolute Gasteiger partial charge is 0.125 e. The fraction of sp³-hybridized carbons (Fsp3) is 0.385. The van der Waals surface area contributed by atoms with Gasteiger partial charge in [-0.3, -0.25) is 0 Å². The largest absolute Gasteiger partial charge is 0.497 e. The average molecular weight is 220 g/mol. The summed E-state index contributed by atoms with van der Waals surface area (Å²) in [6.45, 7) is 0.752. The van der Waals surface area contributed by atoms with Crippen molar-refractivity contribution in [3.05, 3.63) is 35.9 Å². The van der Waals surface area contributed by atoms with E-state index in [1.54, 1.807) is 14.2 Å². The molecule has 0 N–H and O–H groups in total. The lowest BCUT2D eigenvalue weighted by molar-refractivity contribution is 0.0781. The normalized spacial score (nSPS) is 19.5. The Morgan fingerprint density at radius 1 is 1.25 bits per heavy atom. The second-order valence-corrected chi connectivity index (χ2v) is 3.62. The van der Waals surface area contributed by atoms with Gasteiger partial charge in [0.15, 0.2) is 0 Å². The molecule has 0 bridgehead atoms. The molecule has 3 nitrogen and oxygen atoms in total. The molecule has 1 heterocycles. The first-order valence-corrected chi connectivity index (χ1v) is 5.35. The van der Waals surface area contributed by atoms with Crippen molar-refractivity contribution in [1.29, 1.82) is 0 Å². The van der Waals surface area contributed by atoms with Gasteiger partial charge in [0.05, 0.1) is 20.8 Å². The first-order chi connectivity index (χ1) is 7.85. The molecule has 0 radical (unpaired) electrons. The zero-order valence-electron chi connectivity index (χ0n) is 9.60. The van der Waals surface area contributed by atoms with Gasteiger partial charge in [0, 0.05) is 5.56 Å². The summed E-state index contributed by atoms with van der Waals surface area (Å²) in [5.41, 5.74) is 1.01. The van der Waals surface area contributed by atoms with Crippen molar-refractivity contribution in [2.75, 3.05) is 20.8 Å². The minimum absolute atomic E-state index is 0.0289. The van der Waals surface area contributed by atoms with E-state index in [4.69, 9.17) is 14.2 Å². The highest BCUT2D eigenvalue weighted by Crippen LogP contribution is 2.33. The standard InChI is InChI=1S/C13H16O3/c1-14-10-6-7-12(15-2)11(9-10)13-5-3-4-8-16-13/h3,5-7,9,13H,4,8H2,1-2H3/t13-/m1/s1. The van der Waals surface area contributed by atoms with E-state index in [9.17, 15) is 0 Å². The van der Waals surface area contributed by atoms with Gasteiger partial charge in [-0.1, -0.05) is 12.2 Å². The van der Waals surface area contributed by atoms with Crippen LogP contribution in [0.3, 0.4) is 0 Å². The molecule has 1 atom stereocenters. The molecular weight excluding hydrogens is 204 g/mol. The topological polar surface area (TPSA) is 27.7 Å². The van der Waals surface area contributed by atoms with E-state index in [1.807, 2.05) is 18.2 Å². The van der Waals surface area contributed by atoms with Crippen LogP contribution < -0.4 is 9.47 Å². The molecule has 1 aliphatic heterocycles. The summed E-state index contributed by atoms with van der Waals surface area (Å²) < 4.78 is 16.2. The van der Waals surface area contributed by atoms with Crippen molar-refractivity contribution < 1.29 is 14.2 Å². The highest BCUT2D eigenvalue weighted by Gasteiger charge is 2.16. The predicted molar refractivity (Wildman–Crippen MR) is 62.0 cm³/mol. The van der Waals surface area contributed by atoms with Crippen LogP contribution in [0, 0.1) is 0 Å². The summed E-state index contributed by atoms with van der Waals surface area (Å²) in [7, 11) is 3.32. The van der Waals surface area contributed by atoms with Gasteiger partial charge in [0.1, 0.15) is 17.6 Å². The highest BCUT2D eigenvalue weighted by atomic mass is 16.5. The van der Waals surface area contributed by atoms with Crippen LogP contribution in [0.2, 0.25) is 0 Å². The highest BCUT2D eigenvalue weighted by molar-refractivity contribution is 5.43. The van der Waals surface area contributed by atoms with Crippen molar-refractivity contribution >= 4 is 0 Å². The number of hydrogen-bond donors (Lipinski definition) is 0. The summed E-state index contributed by atoms with van der Waals surface area (Å²) in [6, 6.07) is 5.74. The van der Waals surface area contributed by atoms with Gasteiger partial charge < -0.3 is 14.2 Å². The Bertz CT molecular complexity index is 385. The maximum absolute atomic E-state index is 5.68. The van der Waals surface area contributed by atoms with Crippen molar-refractivity contribution in [2.24, 2.45) is 0 Å². The third kappa shape index (κ3) is 2.19. The van der Waals surface area contributed by atoms with E-state index in [0.717, 1.165) is 30.1 Å². The van der Waals surface area contributed by atoms with Gasteiger partial charge >= 0.3 is 0 Å². The number of rotatable bonds is 3. The Morgan fingerprint density at radius 2 is 2.12 bits per heavy atom. The van der Waals surface area contributed by atoms with Crippen LogP contribution in [0.25, 0.3) is 0 Å². The molecule has 0 aromatic heterocycles. The molecule has 0 unspecified atom stereocenters. The molecule has 0 aliphatic carbocycles. The summed E-state index contributed by atoms with van der Waals surface area (Å²) >= 11 is 0. The molecule has 86 valence electrons. The van der Waals surface area contributed by atoms with Gasteiger partial charge in [-0.15, -0.1) is 0 Å². The number of methoxy groups -OCH3 is 2. The number of benzene rings is 1. The maximum atomic E-state index is 5.68. The summed E-state index contributed by atoms with van der Waals surface area (Å²) in [5.74, 6) is 1.65. The zero-order valence-corrected chi connectivity index (χ0v) is 9.60. The Balaban J connectivity index is 2.35. The van der Waals surface area contributed by atoms with Crippen molar-refractivity contribution in [2.45, 2.75) is 12.5 Å². The number of ether oxygens (including phenoxy) is 3. The quantitative estimate of drug-likeness (QED) is 0.733. The Morgan fingerprint density at radius 3 is 2.75 bits per heavy atom. The van der Waals surface area contributed by atoms with Crippen molar-refractivity contribution in [1.82, 2.24) is 0 Å². The lowest BCUT2D eigenvalue weighted by Crippen LogP contribution is -2.08. The molecule has 0 saturated carbocycles. The van der Waals surface area contributed by atoms with Crippen LogP contribution in [0.4, 0.5) is 0 Å². The van der Waals surface area contributed by atoms with Gasteiger partial charge in [-0.05, 0) is 24.6 Å². The first-order valence-electron chi connectivity index (χ1n) is 5.35. The lowest BCUT2D eigenvalue weighted by atomic mass is 10.1. The second kappa shape index (κ2) is 5.03. The Labute approximate surface area is 95.6 Å². The van der Waals surface area contributed by atoms with Crippen LogP contribution in [-0.2, 0) is 4.74 Å². The molecule has 1 aromatic rings. The van der Waals surface area contributed by atoms with Crippen LogP contribution in [-0.4, -0.2) is 20.8 Å². The average Bonchev–Trinajstić information content (AvgIpc) is 2.39. The molecule has 0 saturated heterocycles. The van der Waals surface area contributed by atoms with Crippen molar-refractivity contribution in [3.8, 4) is 11.5 Å². The Kier molecular flexibility index (Phi) is 3.47. The summed E-state index contributed by atoms with van der Waals surface area (Å²) in [4.78, 5) is 0. The van der Waals surface area contributed by atoms with Gasteiger partial charge in [-0.25, -0.2) is 0 Å². The molecule has 2 rings (SSSR count). The third-order valence-electron chi connectivity index (χ3n) is 2.64. The third-order valence-corrected chi connectivity index (χ3v) is 2.64. The van der Waals surface area contributed by atoms with E-state index in [-0.39, 0.29) is 6.10 Å². The molecular formula is C13H16O3. The molecule has 0 spiro atoms. The predicted octanol–water partition coefficient (Wildman–Crippen LogP) is 2.72. The molecule has 3 heteroatoms. The van der Waals surface area contributed by atoms with Gasteiger partial charge in [0.2, 0.25) is 0 Å². The molecule has 16 heavy (non-hydrogen) atoms. The molecule has 1 aromatic carbocycles. The summed E-state index contributed by atoms with van der Waals surface area (Å²) in [6.07, 6.45) is 5.13. The minimum atomic E-state index is -0.0289. The van der Waals surface area contributed by atoms with Crippen LogP contribution in [0.5, 0.6) is 11.5 Å². The van der Waals surface area contributed by atoms with E-state index in [2.05, 4.69) is 12.2 Å². The molecule has 0 amide bonds. The molecule has 1 aliphatic rings. The van der Waals surface area contributed by atoms with Crippen LogP contribution in [0.15, 0.2) is 30.4 Å². The molecule has 0 fully saturated rings. The van der Waals surface area contributed by atoms with E-state index >= 15 is 0 Å².